The van der Waals surface area contributed by atoms with Crippen molar-refractivity contribution >= 4 is 35.8 Å². The third-order valence-electron chi connectivity index (χ3n) is 4.90. The Bertz CT molecular complexity index is 782. The van der Waals surface area contributed by atoms with Crippen molar-refractivity contribution in [2.75, 3.05) is 20.2 Å². The van der Waals surface area contributed by atoms with Gasteiger partial charge in [0, 0.05) is 37.7 Å². The molecule has 0 saturated carbocycles. The van der Waals surface area contributed by atoms with Crippen molar-refractivity contribution in [2.24, 2.45) is 4.99 Å². The summed E-state index contributed by atoms with van der Waals surface area (Å²) in [5.74, 6) is 0.614. The van der Waals surface area contributed by atoms with E-state index in [9.17, 15) is 9.90 Å². The predicted molar refractivity (Wildman–Crippen MR) is 134 cm³/mol. The number of benzene rings is 2. The first-order chi connectivity index (χ1) is 14.1. The monoisotopic (exact) mass is 524 g/mol. The molecule has 0 radical (unpaired) electrons. The van der Waals surface area contributed by atoms with Gasteiger partial charge in [0.25, 0.3) is 5.91 Å². The van der Waals surface area contributed by atoms with E-state index in [4.69, 9.17) is 0 Å². The molecule has 30 heavy (non-hydrogen) atoms. The maximum atomic E-state index is 12.2. The number of aliphatic imine (C=N–C) groups is 1. The van der Waals surface area contributed by atoms with Crippen LogP contribution in [0.1, 0.15) is 47.7 Å². The first-order valence-electron chi connectivity index (χ1n) is 10.1. The van der Waals surface area contributed by atoms with Crippen LogP contribution in [0.4, 0.5) is 0 Å². The molecule has 1 amide bonds. The molecule has 0 aliphatic rings. The number of carbonyl (C=O) groups excluding carboxylic acids is 1. The van der Waals surface area contributed by atoms with Crippen molar-refractivity contribution in [3.05, 3.63) is 71.3 Å². The quantitative estimate of drug-likeness (QED) is 0.231. The molecule has 2 aromatic rings. The van der Waals surface area contributed by atoms with Gasteiger partial charge in [0.15, 0.2) is 5.96 Å². The maximum Gasteiger partial charge on any atom is 0.251 e. The third-order valence-corrected chi connectivity index (χ3v) is 4.90. The van der Waals surface area contributed by atoms with Gasteiger partial charge in [0.2, 0.25) is 0 Å². The van der Waals surface area contributed by atoms with E-state index in [0.29, 0.717) is 24.6 Å². The highest BCUT2D eigenvalue weighted by Gasteiger charge is 2.11. The number of nitrogens with zero attached hydrogens (tertiary/aromatic N) is 1. The number of hydrogen-bond donors (Lipinski definition) is 4. The summed E-state index contributed by atoms with van der Waals surface area (Å²) in [5.41, 5.74) is 2.80. The highest BCUT2D eigenvalue weighted by atomic mass is 127. The van der Waals surface area contributed by atoms with Crippen molar-refractivity contribution in [1.29, 1.82) is 0 Å². The molecule has 2 atom stereocenters. The maximum absolute atomic E-state index is 12.2. The van der Waals surface area contributed by atoms with Crippen molar-refractivity contribution < 1.29 is 9.90 Å². The smallest absolute Gasteiger partial charge is 0.251 e. The number of nitrogens with one attached hydrogen (secondary N) is 3. The predicted octanol–water partition coefficient (Wildman–Crippen LogP) is 3.27. The Labute approximate surface area is 196 Å². The molecule has 2 rings (SSSR count). The van der Waals surface area contributed by atoms with E-state index in [1.54, 1.807) is 7.05 Å². The SMILES string of the molecule is CCC(C)NC(=O)c1ccc(CNC(=NC)NCC(CO)c2ccccc2)cc1.I. The van der Waals surface area contributed by atoms with E-state index in [0.717, 1.165) is 17.5 Å². The molecule has 0 heterocycles. The second kappa shape index (κ2) is 14.0. The molecule has 2 unspecified atom stereocenters. The van der Waals surface area contributed by atoms with Crippen LogP contribution in [0, 0.1) is 0 Å². The fraction of sp³-hybridized carbons (Fsp3) is 0.391. The van der Waals surface area contributed by atoms with Crippen LogP contribution in [0.25, 0.3) is 0 Å². The first-order valence-corrected chi connectivity index (χ1v) is 10.1. The molecule has 4 N–H and O–H groups in total. The normalized spacial score (nSPS) is 13.0. The zero-order valence-corrected chi connectivity index (χ0v) is 20.2. The van der Waals surface area contributed by atoms with Gasteiger partial charge in [-0.15, -0.1) is 24.0 Å². The summed E-state index contributed by atoms with van der Waals surface area (Å²) < 4.78 is 0. The standard InChI is InChI=1S/C23H32N4O2.HI/c1-4-17(2)27-22(29)20-12-10-18(11-13-20)14-25-23(24-3)26-15-21(16-28)19-8-6-5-7-9-19;/h5-13,17,21,28H,4,14-16H2,1-3H3,(H,27,29)(H2,24,25,26);1H. The van der Waals surface area contributed by atoms with Gasteiger partial charge in [-0.2, -0.15) is 0 Å². The molecule has 0 fully saturated rings. The van der Waals surface area contributed by atoms with Gasteiger partial charge in [-0.25, -0.2) is 0 Å². The third kappa shape index (κ3) is 8.31. The summed E-state index contributed by atoms with van der Waals surface area (Å²) in [6, 6.07) is 17.6. The fourth-order valence-corrected chi connectivity index (χ4v) is 2.82. The fourth-order valence-electron chi connectivity index (χ4n) is 2.82. The summed E-state index contributed by atoms with van der Waals surface area (Å²) in [6.07, 6.45) is 0.904. The largest absolute Gasteiger partial charge is 0.396 e. The zero-order chi connectivity index (χ0) is 21.1. The van der Waals surface area contributed by atoms with Crippen molar-refractivity contribution in [1.82, 2.24) is 16.0 Å². The van der Waals surface area contributed by atoms with Gasteiger partial charge in [0.05, 0.1) is 6.61 Å². The highest BCUT2D eigenvalue weighted by molar-refractivity contribution is 14.0. The van der Waals surface area contributed by atoms with Crippen LogP contribution in [0.15, 0.2) is 59.6 Å². The Morgan fingerprint density at radius 2 is 1.73 bits per heavy atom. The number of aliphatic hydroxyl groups is 1. The van der Waals surface area contributed by atoms with Gasteiger partial charge in [-0.05, 0) is 36.6 Å². The lowest BCUT2D eigenvalue weighted by molar-refractivity contribution is 0.0939. The van der Waals surface area contributed by atoms with Gasteiger partial charge >= 0.3 is 0 Å². The Hall–Kier alpha value is -2.13. The number of guanidine groups is 1. The van der Waals surface area contributed by atoms with Crippen LogP contribution in [0.2, 0.25) is 0 Å². The molecular formula is C23H33IN4O2. The van der Waals surface area contributed by atoms with Gasteiger partial charge in [-0.3, -0.25) is 9.79 Å². The minimum atomic E-state index is -0.0488. The molecule has 2 aromatic carbocycles. The van der Waals surface area contributed by atoms with Crippen LogP contribution in [-0.2, 0) is 6.54 Å². The number of rotatable bonds is 9. The average molecular weight is 524 g/mol. The van der Waals surface area contributed by atoms with Crippen LogP contribution in [-0.4, -0.2) is 43.2 Å². The van der Waals surface area contributed by atoms with Gasteiger partial charge in [0.1, 0.15) is 0 Å². The lowest BCUT2D eigenvalue weighted by Gasteiger charge is -2.18. The van der Waals surface area contributed by atoms with Crippen LogP contribution >= 0.6 is 24.0 Å². The molecule has 0 saturated heterocycles. The Kier molecular flexibility index (Phi) is 12.1. The van der Waals surface area contributed by atoms with E-state index < -0.39 is 0 Å². The van der Waals surface area contributed by atoms with E-state index >= 15 is 0 Å². The van der Waals surface area contributed by atoms with Crippen molar-refractivity contribution in [3.63, 3.8) is 0 Å². The minimum absolute atomic E-state index is 0. The van der Waals surface area contributed by atoms with Crippen LogP contribution in [0.5, 0.6) is 0 Å². The van der Waals surface area contributed by atoms with Gasteiger partial charge < -0.3 is 21.1 Å². The number of halogens is 1. The number of hydrogen-bond acceptors (Lipinski definition) is 3. The second-order valence-electron chi connectivity index (χ2n) is 7.08. The highest BCUT2D eigenvalue weighted by Crippen LogP contribution is 2.13. The number of amides is 1. The van der Waals surface area contributed by atoms with E-state index in [2.05, 4.69) is 20.9 Å². The summed E-state index contributed by atoms with van der Waals surface area (Å²) in [7, 11) is 1.72. The molecule has 0 spiro atoms. The number of aliphatic hydroxyl groups excluding tert-OH is 1. The molecule has 6 nitrogen and oxygen atoms in total. The summed E-state index contributed by atoms with van der Waals surface area (Å²) in [4.78, 5) is 16.4. The van der Waals surface area contributed by atoms with E-state index in [1.807, 2.05) is 68.4 Å². The van der Waals surface area contributed by atoms with Crippen molar-refractivity contribution in [2.45, 2.75) is 38.8 Å². The Morgan fingerprint density at radius 3 is 2.30 bits per heavy atom. The lowest BCUT2D eigenvalue weighted by Crippen LogP contribution is -2.39. The molecule has 7 heteroatoms. The van der Waals surface area contributed by atoms with E-state index in [1.165, 1.54) is 0 Å². The second-order valence-corrected chi connectivity index (χ2v) is 7.08. The summed E-state index contributed by atoms with van der Waals surface area (Å²) in [5, 5.41) is 19.2. The summed E-state index contributed by atoms with van der Waals surface area (Å²) in [6.45, 7) is 5.27. The first kappa shape index (κ1) is 25.9. The molecular weight excluding hydrogens is 491 g/mol. The topological polar surface area (TPSA) is 85.8 Å². The molecule has 0 aromatic heterocycles. The Balaban J connectivity index is 0.00000450. The van der Waals surface area contributed by atoms with Crippen molar-refractivity contribution in [3.8, 4) is 0 Å². The zero-order valence-electron chi connectivity index (χ0n) is 17.9. The van der Waals surface area contributed by atoms with Crippen LogP contribution in [0.3, 0.4) is 0 Å². The molecule has 0 aliphatic heterocycles. The average Bonchev–Trinajstić information content (AvgIpc) is 2.77. The molecule has 0 aliphatic carbocycles. The summed E-state index contributed by atoms with van der Waals surface area (Å²) >= 11 is 0. The Morgan fingerprint density at radius 1 is 1.07 bits per heavy atom. The minimum Gasteiger partial charge on any atom is -0.396 e. The molecule has 164 valence electrons. The van der Waals surface area contributed by atoms with Crippen LogP contribution < -0.4 is 16.0 Å². The lowest BCUT2D eigenvalue weighted by atomic mass is 10.0. The van der Waals surface area contributed by atoms with E-state index in [-0.39, 0.29) is 48.5 Å². The number of carbonyl (C=O) groups is 1. The van der Waals surface area contributed by atoms with Gasteiger partial charge in [-0.1, -0.05) is 49.4 Å². The molecule has 0 bridgehead atoms.